The van der Waals surface area contributed by atoms with Gasteiger partial charge in [0.2, 0.25) is 0 Å². The van der Waals surface area contributed by atoms with Crippen LogP contribution in [-0.4, -0.2) is 55.0 Å². The topological polar surface area (TPSA) is 50.8 Å². The highest BCUT2D eigenvalue weighted by Crippen LogP contribution is 2.24. The average molecular weight is 298 g/mol. The van der Waals surface area contributed by atoms with E-state index in [4.69, 9.17) is 9.47 Å². The molecular formula is C16H30N2O3. The lowest BCUT2D eigenvalue weighted by molar-refractivity contribution is -0.0105. The summed E-state index contributed by atoms with van der Waals surface area (Å²) >= 11 is 0. The predicted molar refractivity (Wildman–Crippen MR) is 82.4 cm³/mol. The Kier molecular flexibility index (Phi) is 5.49. The summed E-state index contributed by atoms with van der Waals surface area (Å²) in [6.07, 6.45) is 3.58. The highest BCUT2D eigenvalue weighted by Gasteiger charge is 2.32. The number of amides is 1. The molecule has 5 nitrogen and oxygen atoms in total. The van der Waals surface area contributed by atoms with Crippen molar-refractivity contribution in [3.05, 3.63) is 0 Å². The zero-order valence-electron chi connectivity index (χ0n) is 13.9. The van der Waals surface area contributed by atoms with Crippen molar-refractivity contribution in [2.75, 3.05) is 26.2 Å². The lowest BCUT2D eigenvalue weighted by Gasteiger charge is -2.36. The second-order valence-electron chi connectivity index (χ2n) is 7.23. The molecule has 21 heavy (non-hydrogen) atoms. The molecule has 122 valence electrons. The third-order valence-corrected chi connectivity index (χ3v) is 4.13. The SMILES string of the molecule is CCOC1CC(NCC2CCN(C(=O)OC(C)(C)C)C2)C1. The van der Waals surface area contributed by atoms with Crippen LogP contribution in [0.2, 0.25) is 0 Å². The maximum Gasteiger partial charge on any atom is 0.410 e. The van der Waals surface area contributed by atoms with Gasteiger partial charge in [0.15, 0.2) is 0 Å². The van der Waals surface area contributed by atoms with E-state index in [1.807, 2.05) is 32.6 Å². The van der Waals surface area contributed by atoms with E-state index in [-0.39, 0.29) is 6.09 Å². The molecule has 1 heterocycles. The van der Waals surface area contributed by atoms with Crippen LogP contribution >= 0.6 is 0 Å². The number of nitrogens with one attached hydrogen (secondary N) is 1. The zero-order chi connectivity index (χ0) is 15.5. The summed E-state index contributed by atoms with van der Waals surface area (Å²) in [4.78, 5) is 13.8. The molecule has 1 aliphatic carbocycles. The molecule has 0 radical (unpaired) electrons. The van der Waals surface area contributed by atoms with Gasteiger partial charge in [-0.1, -0.05) is 0 Å². The quantitative estimate of drug-likeness (QED) is 0.847. The molecular weight excluding hydrogens is 268 g/mol. The Balaban J connectivity index is 1.61. The summed E-state index contributed by atoms with van der Waals surface area (Å²) in [5.41, 5.74) is -0.409. The summed E-state index contributed by atoms with van der Waals surface area (Å²) in [6.45, 7) is 11.2. The molecule has 0 spiro atoms. The summed E-state index contributed by atoms with van der Waals surface area (Å²) in [5, 5.41) is 3.60. The van der Waals surface area contributed by atoms with Gasteiger partial charge in [-0.05, 0) is 59.4 Å². The molecule has 1 unspecified atom stereocenters. The summed E-state index contributed by atoms with van der Waals surface area (Å²) in [5.74, 6) is 0.545. The molecule has 2 rings (SSSR count). The van der Waals surface area contributed by atoms with Crippen molar-refractivity contribution in [3.63, 3.8) is 0 Å². The van der Waals surface area contributed by atoms with Gasteiger partial charge in [0.05, 0.1) is 6.10 Å². The molecule has 5 heteroatoms. The van der Waals surface area contributed by atoms with Crippen LogP contribution < -0.4 is 5.32 Å². The molecule has 0 bridgehead atoms. The molecule has 2 fully saturated rings. The molecule has 0 aromatic rings. The molecule has 1 aliphatic heterocycles. The molecule has 2 aliphatic rings. The number of carbonyl (C=O) groups is 1. The van der Waals surface area contributed by atoms with Crippen LogP contribution in [0.3, 0.4) is 0 Å². The van der Waals surface area contributed by atoms with Crippen LogP contribution in [0.1, 0.15) is 47.0 Å². The highest BCUT2D eigenvalue weighted by atomic mass is 16.6. The fourth-order valence-electron chi connectivity index (χ4n) is 2.93. The van der Waals surface area contributed by atoms with Gasteiger partial charge in [-0.25, -0.2) is 4.79 Å². The van der Waals surface area contributed by atoms with Crippen LogP contribution in [0.15, 0.2) is 0 Å². The Morgan fingerprint density at radius 1 is 1.33 bits per heavy atom. The number of likely N-dealkylation sites (tertiary alicyclic amines) is 1. The fraction of sp³-hybridized carbons (Fsp3) is 0.938. The standard InChI is InChI=1S/C16H30N2O3/c1-5-20-14-8-13(9-14)17-10-12-6-7-18(11-12)15(19)21-16(2,3)4/h12-14,17H,5-11H2,1-4H3. The first-order valence-electron chi connectivity index (χ1n) is 8.20. The Morgan fingerprint density at radius 2 is 2.05 bits per heavy atom. The van der Waals surface area contributed by atoms with E-state index in [2.05, 4.69) is 5.32 Å². The normalized spacial score (nSPS) is 29.3. The second kappa shape index (κ2) is 6.97. The Labute approximate surface area is 128 Å². The largest absolute Gasteiger partial charge is 0.444 e. The first kappa shape index (κ1) is 16.6. The van der Waals surface area contributed by atoms with Crippen molar-refractivity contribution < 1.29 is 14.3 Å². The monoisotopic (exact) mass is 298 g/mol. The third-order valence-electron chi connectivity index (χ3n) is 4.13. The van der Waals surface area contributed by atoms with E-state index in [1.165, 1.54) is 0 Å². The van der Waals surface area contributed by atoms with Gasteiger partial charge < -0.3 is 19.7 Å². The van der Waals surface area contributed by atoms with E-state index in [0.29, 0.717) is 18.1 Å². The van der Waals surface area contributed by atoms with Crippen molar-refractivity contribution in [1.82, 2.24) is 10.2 Å². The first-order valence-corrected chi connectivity index (χ1v) is 8.20. The smallest absolute Gasteiger partial charge is 0.410 e. The van der Waals surface area contributed by atoms with Crippen LogP contribution in [0.5, 0.6) is 0 Å². The lowest BCUT2D eigenvalue weighted by Crippen LogP contribution is -2.47. The second-order valence-corrected chi connectivity index (χ2v) is 7.23. The van der Waals surface area contributed by atoms with Crippen molar-refractivity contribution in [2.45, 2.75) is 64.7 Å². The molecule has 1 amide bonds. The minimum atomic E-state index is -0.409. The summed E-state index contributed by atoms with van der Waals surface area (Å²) in [7, 11) is 0. The van der Waals surface area contributed by atoms with E-state index in [1.54, 1.807) is 0 Å². The van der Waals surface area contributed by atoms with Gasteiger partial charge in [-0.2, -0.15) is 0 Å². The summed E-state index contributed by atoms with van der Waals surface area (Å²) < 4.78 is 11.0. The van der Waals surface area contributed by atoms with Crippen molar-refractivity contribution in [1.29, 1.82) is 0 Å². The maximum absolute atomic E-state index is 12.0. The van der Waals surface area contributed by atoms with Crippen LogP contribution in [-0.2, 0) is 9.47 Å². The summed E-state index contributed by atoms with van der Waals surface area (Å²) in [6, 6.07) is 0.595. The zero-order valence-corrected chi connectivity index (χ0v) is 13.9. The van der Waals surface area contributed by atoms with Gasteiger partial charge in [-0.3, -0.25) is 0 Å². The van der Waals surface area contributed by atoms with Crippen LogP contribution in [0, 0.1) is 5.92 Å². The average Bonchev–Trinajstić information content (AvgIpc) is 2.78. The molecule has 1 atom stereocenters. The van der Waals surface area contributed by atoms with E-state index >= 15 is 0 Å². The van der Waals surface area contributed by atoms with Crippen molar-refractivity contribution in [3.8, 4) is 0 Å². The molecule has 0 aromatic carbocycles. The number of hydrogen-bond donors (Lipinski definition) is 1. The minimum Gasteiger partial charge on any atom is -0.444 e. The Bertz CT molecular complexity index is 348. The molecule has 0 aromatic heterocycles. The van der Waals surface area contributed by atoms with Gasteiger partial charge in [0.1, 0.15) is 5.60 Å². The van der Waals surface area contributed by atoms with Gasteiger partial charge >= 0.3 is 6.09 Å². The van der Waals surface area contributed by atoms with Crippen LogP contribution in [0.25, 0.3) is 0 Å². The number of nitrogens with zero attached hydrogens (tertiary/aromatic N) is 1. The minimum absolute atomic E-state index is 0.176. The first-order chi connectivity index (χ1) is 9.87. The Hall–Kier alpha value is -0.810. The van der Waals surface area contributed by atoms with Crippen LogP contribution in [0.4, 0.5) is 4.79 Å². The Morgan fingerprint density at radius 3 is 2.67 bits per heavy atom. The fourth-order valence-corrected chi connectivity index (χ4v) is 2.93. The van der Waals surface area contributed by atoms with E-state index < -0.39 is 5.60 Å². The van der Waals surface area contributed by atoms with Gasteiger partial charge in [-0.15, -0.1) is 0 Å². The van der Waals surface area contributed by atoms with Gasteiger partial charge in [0.25, 0.3) is 0 Å². The predicted octanol–water partition coefficient (Wildman–Crippen LogP) is 2.40. The van der Waals surface area contributed by atoms with Crippen molar-refractivity contribution >= 4 is 6.09 Å². The van der Waals surface area contributed by atoms with Crippen molar-refractivity contribution in [2.24, 2.45) is 5.92 Å². The van der Waals surface area contributed by atoms with E-state index in [0.717, 1.165) is 45.5 Å². The maximum atomic E-state index is 12.0. The number of ether oxygens (including phenoxy) is 2. The third kappa shape index (κ3) is 5.15. The highest BCUT2D eigenvalue weighted by molar-refractivity contribution is 5.68. The molecule has 1 N–H and O–H groups in total. The number of rotatable bonds is 5. The molecule has 1 saturated heterocycles. The van der Waals surface area contributed by atoms with Gasteiger partial charge in [0, 0.05) is 25.7 Å². The lowest BCUT2D eigenvalue weighted by atomic mass is 9.89. The molecule has 1 saturated carbocycles. The number of carbonyl (C=O) groups excluding carboxylic acids is 1. The number of hydrogen-bond acceptors (Lipinski definition) is 4. The van der Waals surface area contributed by atoms with E-state index in [9.17, 15) is 4.79 Å².